The number of benzene rings is 2. The van der Waals surface area contributed by atoms with Crippen molar-refractivity contribution >= 4 is 17.7 Å². The van der Waals surface area contributed by atoms with Crippen molar-refractivity contribution in [3.63, 3.8) is 0 Å². The summed E-state index contributed by atoms with van der Waals surface area (Å²) < 4.78 is 43.2. The Bertz CT molecular complexity index is 983. The first-order valence-electron chi connectivity index (χ1n) is 9.71. The van der Waals surface area contributed by atoms with Gasteiger partial charge in [0.05, 0.1) is 12.3 Å². The predicted molar refractivity (Wildman–Crippen MR) is 113 cm³/mol. The van der Waals surface area contributed by atoms with Crippen LogP contribution in [0.5, 0.6) is 5.75 Å². The zero-order chi connectivity index (χ0) is 24.4. The second-order valence-electron chi connectivity index (χ2n) is 6.71. The van der Waals surface area contributed by atoms with Crippen LogP contribution >= 0.6 is 0 Å². The lowest BCUT2D eigenvalue weighted by Crippen LogP contribution is -2.28. The molecule has 9 nitrogen and oxygen atoms in total. The Morgan fingerprint density at radius 2 is 1.85 bits per heavy atom. The summed E-state index contributed by atoms with van der Waals surface area (Å²) in [5.41, 5.74) is 1.70. The summed E-state index contributed by atoms with van der Waals surface area (Å²) in [6.45, 7) is 1.33. The third kappa shape index (κ3) is 7.52. The number of hydrogen-bond donors (Lipinski definition) is 4. The van der Waals surface area contributed by atoms with Crippen molar-refractivity contribution in [2.45, 2.75) is 19.1 Å². The minimum Gasteiger partial charge on any atom is -0.491 e. The number of nitrogens with one attached hydrogen (secondary N) is 2. The Morgan fingerprint density at radius 3 is 2.42 bits per heavy atom. The molecule has 2 aromatic carbocycles. The van der Waals surface area contributed by atoms with Crippen molar-refractivity contribution < 1.29 is 42.9 Å². The number of anilines is 1. The molecule has 2 rings (SSSR count). The van der Waals surface area contributed by atoms with E-state index in [1.165, 1.54) is 25.6 Å². The summed E-state index contributed by atoms with van der Waals surface area (Å²) in [6, 6.07) is 8.91. The summed E-state index contributed by atoms with van der Waals surface area (Å²) in [6.07, 6.45) is -1.84. The van der Waals surface area contributed by atoms with Gasteiger partial charge in [0.25, 0.3) is 5.91 Å². The largest absolute Gasteiger partial charge is 0.491 e. The van der Waals surface area contributed by atoms with E-state index in [4.69, 9.17) is 24.5 Å². The number of aliphatic hydroxyl groups is 1. The van der Waals surface area contributed by atoms with Crippen molar-refractivity contribution in [2.24, 2.45) is 0 Å². The monoisotopic (exact) mass is 466 g/mol. The van der Waals surface area contributed by atoms with Crippen LogP contribution in [0.4, 0.5) is 19.3 Å². The van der Waals surface area contributed by atoms with Gasteiger partial charge in [-0.05, 0) is 42.8 Å². The molecule has 2 amide bonds. The molecule has 0 aromatic heterocycles. The molecule has 0 fully saturated rings. The van der Waals surface area contributed by atoms with Crippen molar-refractivity contribution in [1.29, 1.82) is 0 Å². The van der Waals surface area contributed by atoms with E-state index in [-0.39, 0.29) is 24.5 Å². The van der Waals surface area contributed by atoms with Crippen molar-refractivity contribution in [2.75, 3.05) is 25.6 Å². The topological polar surface area (TPSA) is 126 Å². The van der Waals surface area contributed by atoms with Gasteiger partial charge in [0.2, 0.25) is 0 Å². The van der Waals surface area contributed by atoms with Gasteiger partial charge in [0.15, 0.2) is 6.10 Å². The first kappa shape index (κ1) is 25.7. The van der Waals surface area contributed by atoms with Crippen LogP contribution in [-0.4, -0.2) is 48.7 Å². The summed E-state index contributed by atoms with van der Waals surface area (Å²) in [4.78, 5) is 24.2. The summed E-state index contributed by atoms with van der Waals surface area (Å²) in [5.74, 6) is -2.14. The van der Waals surface area contributed by atoms with Crippen LogP contribution in [0.2, 0.25) is 0 Å². The number of methoxy groups -OCH3 is 1. The smallest absolute Gasteiger partial charge is 0.412 e. The van der Waals surface area contributed by atoms with Gasteiger partial charge in [-0.25, -0.2) is 19.1 Å². The third-order valence-electron chi connectivity index (χ3n) is 4.42. The second kappa shape index (κ2) is 12.5. The fourth-order valence-electron chi connectivity index (χ4n) is 2.78. The Balaban J connectivity index is 2.32. The minimum absolute atomic E-state index is 0.0748. The van der Waals surface area contributed by atoms with Crippen LogP contribution in [-0.2, 0) is 14.3 Å². The number of ether oxygens (including phenoxy) is 3. The molecule has 178 valence electrons. The second-order valence-corrected chi connectivity index (χ2v) is 6.71. The molecule has 0 saturated carbocycles. The number of hydrogen-bond acceptors (Lipinski definition) is 7. The van der Waals surface area contributed by atoms with Crippen LogP contribution < -0.4 is 15.5 Å². The Morgan fingerprint density at radius 1 is 1.15 bits per heavy atom. The SMILES string of the molecule is CO[C@H](/C=C(\C)C(=O)NO)[C@H](OC(=O)Nc1ccc(F)cc1F)c1ccc(OCCO)cc1. The molecule has 2 aromatic rings. The van der Waals surface area contributed by atoms with E-state index in [2.05, 4.69) is 5.32 Å². The lowest BCUT2D eigenvalue weighted by atomic mass is 10.0. The standard InChI is InChI=1S/C22H24F2N2O7/c1-13(21(28)26-30)11-19(31-2)20(14-3-6-16(7-4-14)32-10-9-27)33-22(29)25-18-8-5-15(23)12-17(18)24/h3-8,11-12,19-20,27,30H,9-10H2,1-2H3,(H,25,29)(H,26,28)/b13-11+/t19-,20-/m1/s1. The van der Waals surface area contributed by atoms with E-state index in [1.54, 1.807) is 24.3 Å². The maximum Gasteiger partial charge on any atom is 0.412 e. The molecule has 0 bridgehead atoms. The van der Waals surface area contributed by atoms with Gasteiger partial charge < -0.3 is 19.3 Å². The lowest BCUT2D eigenvalue weighted by molar-refractivity contribution is -0.125. The normalized spacial score (nSPS) is 13.1. The van der Waals surface area contributed by atoms with Gasteiger partial charge in [0, 0.05) is 18.7 Å². The van der Waals surface area contributed by atoms with Gasteiger partial charge in [-0.1, -0.05) is 12.1 Å². The maximum atomic E-state index is 13.9. The predicted octanol–water partition coefficient (Wildman–Crippen LogP) is 3.09. The molecule has 0 spiro atoms. The van der Waals surface area contributed by atoms with Gasteiger partial charge in [0.1, 0.15) is 30.1 Å². The van der Waals surface area contributed by atoms with Crippen molar-refractivity contribution in [1.82, 2.24) is 5.48 Å². The Labute approximate surface area is 188 Å². The van der Waals surface area contributed by atoms with Crippen LogP contribution in [0.25, 0.3) is 0 Å². The highest BCUT2D eigenvalue weighted by molar-refractivity contribution is 5.92. The summed E-state index contributed by atoms with van der Waals surface area (Å²) >= 11 is 0. The molecule has 11 heteroatoms. The minimum atomic E-state index is -1.12. The number of aliphatic hydroxyl groups excluding tert-OH is 1. The average molecular weight is 466 g/mol. The van der Waals surface area contributed by atoms with Crippen molar-refractivity contribution in [3.05, 3.63) is 71.3 Å². The molecule has 0 saturated heterocycles. The van der Waals surface area contributed by atoms with Crippen molar-refractivity contribution in [3.8, 4) is 5.75 Å². The fourth-order valence-corrected chi connectivity index (χ4v) is 2.78. The Kier molecular flexibility index (Phi) is 9.73. The van der Waals surface area contributed by atoms with Gasteiger partial charge in [-0.2, -0.15) is 0 Å². The molecule has 2 atom stereocenters. The average Bonchev–Trinajstić information content (AvgIpc) is 2.81. The van der Waals surface area contributed by atoms with Gasteiger partial charge >= 0.3 is 6.09 Å². The van der Waals surface area contributed by atoms with E-state index in [0.717, 1.165) is 12.1 Å². The van der Waals surface area contributed by atoms with Crippen LogP contribution in [0.3, 0.4) is 0 Å². The van der Waals surface area contributed by atoms with E-state index >= 15 is 0 Å². The number of carbonyl (C=O) groups is 2. The first-order valence-corrected chi connectivity index (χ1v) is 9.71. The van der Waals surface area contributed by atoms with Gasteiger partial charge in [-0.15, -0.1) is 0 Å². The van der Waals surface area contributed by atoms with Crippen LogP contribution in [0.15, 0.2) is 54.1 Å². The molecule has 0 aliphatic carbocycles. The van der Waals surface area contributed by atoms with Crippen LogP contribution in [0, 0.1) is 11.6 Å². The quantitative estimate of drug-likeness (QED) is 0.241. The Hall–Kier alpha value is -3.54. The summed E-state index contributed by atoms with van der Waals surface area (Å²) in [5, 5.41) is 19.9. The molecule has 0 aliphatic heterocycles. The van der Waals surface area contributed by atoms with E-state index in [1.807, 2.05) is 0 Å². The maximum absolute atomic E-state index is 13.9. The first-order chi connectivity index (χ1) is 15.8. The molecule has 0 unspecified atom stereocenters. The lowest BCUT2D eigenvalue weighted by Gasteiger charge is -2.25. The zero-order valence-electron chi connectivity index (χ0n) is 17.9. The number of halogens is 2. The third-order valence-corrected chi connectivity index (χ3v) is 4.42. The van der Waals surface area contributed by atoms with E-state index in [9.17, 15) is 18.4 Å². The molecule has 33 heavy (non-hydrogen) atoms. The number of rotatable bonds is 10. The molecule has 0 radical (unpaired) electrons. The fraction of sp³-hybridized carbons (Fsp3) is 0.273. The highest BCUT2D eigenvalue weighted by atomic mass is 19.1. The molecule has 0 heterocycles. The number of hydroxylamine groups is 1. The zero-order valence-corrected chi connectivity index (χ0v) is 17.9. The highest BCUT2D eigenvalue weighted by Gasteiger charge is 2.27. The number of carbonyl (C=O) groups excluding carboxylic acids is 2. The molecular weight excluding hydrogens is 442 g/mol. The number of amides is 2. The highest BCUT2D eigenvalue weighted by Crippen LogP contribution is 2.28. The molecule has 0 aliphatic rings. The van der Waals surface area contributed by atoms with Crippen LogP contribution in [0.1, 0.15) is 18.6 Å². The van der Waals surface area contributed by atoms with Gasteiger partial charge in [-0.3, -0.25) is 15.3 Å². The van der Waals surface area contributed by atoms with E-state index in [0.29, 0.717) is 17.4 Å². The van der Waals surface area contributed by atoms with E-state index < -0.39 is 35.8 Å². The molecular formula is C22H24F2N2O7. The molecule has 4 N–H and O–H groups in total. The summed E-state index contributed by atoms with van der Waals surface area (Å²) in [7, 11) is 1.32.